The minimum absolute atomic E-state index is 0.00495. The smallest absolute Gasteiger partial charge is 0.341 e. The molecule has 0 atom stereocenters. The lowest BCUT2D eigenvalue weighted by atomic mass is 10.1. The molecule has 0 saturated carbocycles. The van der Waals surface area contributed by atoms with Crippen molar-refractivity contribution in [2.45, 2.75) is 33.1 Å². The number of hydrogen-bond donors (Lipinski definition) is 1. The second-order valence-electron chi connectivity index (χ2n) is 4.36. The third-order valence-corrected chi connectivity index (χ3v) is 2.65. The molecule has 0 saturated heterocycles. The van der Waals surface area contributed by atoms with Crippen LogP contribution in [-0.4, -0.2) is 24.3 Å². The summed E-state index contributed by atoms with van der Waals surface area (Å²) in [6, 6.07) is 3.19. The molecule has 1 N–H and O–H groups in total. The first-order chi connectivity index (χ1) is 8.56. The van der Waals surface area contributed by atoms with Crippen LogP contribution in [0.4, 0.5) is 4.39 Å². The van der Waals surface area contributed by atoms with E-state index in [1.807, 2.05) is 6.92 Å². The zero-order valence-corrected chi connectivity index (χ0v) is 10.8. The standard InChI is InChI=1S/C14H19FO3/c1-10-8-11(2)13(15)12(9-10)14(17)18-7-5-3-4-6-16/h8-9,16H,3-7H2,1-2H3. The Morgan fingerprint density at radius 1 is 1.28 bits per heavy atom. The SMILES string of the molecule is Cc1cc(C)c(F)c(C(=O)OCCCCCO)c1. The first kappa shape index (κ1) is 14.6. The van der Waals surface area contributed by atoms with E-state index in [1.165, 1.54) is 6.07 Å². The number of aryl methyl sites for hydroxylation is 2. The zero-order valence-electron chi connectivity index (χ0n) is 10.8. The van der Waals surface area contributed by atoms with E-state index in [9.17, 15) is 9.18 Å². The molecule has 0 radical (unpaired) electrons. The molecule has 0 amide bonds. The Morgan fingerprint density at radius 3 is 2.67 bits per heavy atom. The molecule has 3 nitrogen and oxygen atoms in total. The molecule has 1 aromatic carbocycles. The Morgan fingerprint density at radius 2 is 2.00 bits per heavy atom. The van der Waals surface area contributed by atoms with Crippen LogP contribution in [0.1, 0.15) is 40.7 Å². The summed E-state index contributed by atoms with van der Waals surface area (Å²) >= 11 is 0. The lowest BCUT2D eigenvalue weighted by Crippen LogP contribution is -2.10. The van der Waals surface area contributed by atoms with Crippen LogP contribution in [0.3, 0.4) is 0 Å². The van der Waals surface area contributed by atoms with Crippen molar-refractivity contribution in [1.82, 2.24) is 0 Å². The first-order valence-corrected chi connectivity index (χ1v) is 6.11. The van der Waals surface area contributed by atoms with Crippen LogP contribution in [0.2, 0.25) is 0 Å². The number of unbranched alkanes of at least 4 members (excludes halogenated alkanes) is 2. The van der Waals surface area contributed by atoms with Gasteiger partial charge in [-0.3, -0.25) is 0 Å². The Hall–Kier alpha value is -1.42. The average molecular weight is 254 g/mol. The highest BCUT2D eigenvalue weighted by Gasteiger charge is 2.15. The molecule has 0 heterocycles. The van der Waals surface area contributed by atoms with Crippen LogP contribution in [0.5, 0.6) is 0 Å². The molecule has 1 rings (SSSR count). The van der Waals surface area contributed by atoms with Crippen molar-refractivity contribution in [2.24, 2.45) is 0 Å². The van der Waals surface area contributed by atoms with Gasteiger partial charge in [-0.05, 0) is 50.3 Å². The third kappa shape index (κ3) is 4.11. The number of aliphatic hydroxyl groups excluding tert-OH is 1. The molecule has 4 heteroatoms. The van der Waals surface area contributed by atoms with Gasteiger partial charge < -0.3 is 9.84 Å². The van der Waals surface area contributed by atoms with Crippen molar-refractivity contribution in [3.05, 3.63) is 34.6 Å². The third-order valence-electron chi connectivity index (χ3n) is 2.65. The number of rotatable bonds is 6. The first-order valence-electron chi connectivity index (χ1n) is 6.11. The van der Waals surface area contributed by atoms with E-state index in [4.69, 9.17) is 9.84 Å². The maximum Gasteiger partial charge on any atom is 0.341 e. The van der Waals surface area contributed by atoms with E-state index in [1.54, 1.807) is 13.0 Å². The van der Waals surface area contributed by atoms with E-state index in [0.717, 1.165) is 12.0 Å². The van der Waals surface area contributed by atoms with Crippen molar-refractivity contribution in [3.8, 4) is 0 Å². The van der Waals surface area contributed by atoms with Crippen molar-refractivity contribution in [3.63, 3.8) is 0 Å². The fourth-order valence-corrected chi connectivity index (χ4v) is 1.73. The molecule has 18 heavy (non-hydrogen) atoms. The Labute approximate surface area is 107 Å². The van der Waals surface area contributed by atoms with Crippen molar-refractivity contribution >= 4 is 5.97 Å². The van der Waals surface area contributed by atoms with Gasteiger partial charge in [-0.25, -0.2) is 9.18 Å². The largest absolute Gasteiger partial charge is 0.462 e. The maximum absolute atomic E-state index is 13.7. The molecule has 0 unspecified atom stereocenters. The van der Waals surface area contributed by atoms with Gasteiger partial charge in [0.1, 0.15) is 5.82 Å². The molecule has 0 aromatic heterocycles. The number of benzene rings is 1. The molecular weight excluding hydrogens is 235 g/mol. The van der Waals surface area contributed by atoms with E-state index < -0.39 is 11.8 Å². The predicted molar refractivity (Wildman–Crippen MR) is 67.1 cm³/mol. The normalized spacial score (nSPS) is 10.4. The lowest BCUT2D eigenvalue weighted by Gasteiger charge is -2.08. The Kier molecular flexibility index (Phi) is 5.78. The highest BCUT2D eigenvalue weighted by atomic mass is 19.1. The number of ether oxygens (including phenoxy) is 1. The van der Waals surface area contributed by atoms with Gasteiger partial charge in [0, 0.05) is 6.61 Å². The lowest BCUT2D eigenvalue weighted by molar-refractivity contribution is 0.0491. The summed E-state index contributed by atoms with van der Waals surface area (Å²) in [7, 11) is 0. The van der Waals surface area contributed by atoms with Gasteiger partial charge in [0.25, 0.3) is 0 Å². The fourth-order valence-electron chi connectivity index (χ4n) is 1.73. The van der Waals surface area contributed by atoms with Crippen LogP contribution >= 0.6 is 0 Å². The van der Waals surface area contributed by atoms with Gasteiger partial charge in [0.15, 0.2) is 0 Å². The molecule has 1 aromatic rings. The summed E-state index contributed by atoms with van der Waals surface area (Å²) in [5.41, 5.74) is 1.28. The van der Waals surface area contributed by atoms with Crippen molar-refractivity contribution < 1.29 is 19.0 Å². The second kappa shape index (κ2) is 7.11. The number of halogens is 1. The summed E-state index contributed by atoms with van der Waals surface area (Å²) in [5, 5.41) is 8.59. The molecule has 0 fully saturated rings. The van der Waals surface area contributed by atoms with Gasteiger partial charge in [0.05, 0.1) is 12.2 Å². The Balaban J connectivity index is 2.56. The Bertz CT molecular complexity index is 416. The molecule has 0 bridgehead atoms. The van der Waals surface area contributed by atoms with Gasteiger partial charge >= 0.3 is 5.97 Å². The minimum Gasteiger partial charge on any atom is -0.462 e. The molecule has 100 valence electrons. The second-order valence-corrected chi connectivity index (χ2v) is 4.36. The van der Waals surface area contributed by atoms with E-state index >= 15 is 0 Å². The van der Waals surface area contributed by atoms with Crippen LogP contribution in [0.25, 0.3) is 0 Å². The van der Waals surface area contributed by atoms with Crippen LogP contribution in [-0.2, 0) is 4.74 Å². The highest BCUT2D eigenvalue weighted by Crippen LogP contribution is 2.16. The monoisotopic (exact) mass is 254 g/mol. The summed E-state index contributed by atoms with van der Waals surface area (Å²) in [6.45, 7) is 3.83. The topological polar surface area (TPSA) is 46.5 Å². The number of aliphatic hydroxyl groups is 1. The summed E-state index contributed by atoms with van der Waals surface area (Å²) in [6.07, 6.45) is 2.16. The fraction of sp³-hybridized carbons (Fsp3) is 0.500. The number of esters is 1. The van der Waals surface area contributed by atoms with Crippen molar-refractivity contribution in [1.29, 1.82) is 0 Å². The number of carbonyl (C=O) groups is 1. The molecule has 0 aliphatic carbocycles. The summed E-state index contributed by atoms with van der Waals surface area (Å²) < 4.78 is 18.7. The van der Waals surface area contributed by atoms with Crippen molar-refractivity contribution in [2.75, 3.05) is 13.2 Å². The van der Waals surface area contributed by atoms with Gasteiger partial charge in [-0.2, -0.15) is 0 Å². The van der Waals surface area contributed by atoms with Crippen LogP contribution in [0.15, 0.2) is 12.1 Å². The summed E-state index contributed by atoms with van der Waals surface area (Å²) in [5.74, 6) is -1.13. The van der Waals surface area contributed by atoms with Gasteiger partial charge in [-0.15, -0.1) is 0 Å². The molecule has 0 aliphatic heterocycles. The molecular formula is C14H19FO3. The number of carbonyl (C=O) groups excluding carboxylic acids is 1. The quantitative estimate of drug-likeness (QED) is 0.627. The van der Waals surface area contributed by atoms with Crippen LogP contribution < -0.4 is 0 Å². The maximum atomic E-state index is 13.7. The van der Waals surface area contributed by atoms with E-state index in [-0.39, 0.29) is 18.8 Å². The van der Waals surface area contributed by atoms with E-state index in [2.05, 4.69) is 0 Å². The van der Waals surface area contributed by atoms with Gasteiger partial charge in [0.2, 0.25) is 0 Å². The molecule has 0 spiro atoms. The zero-order chi connectivity index (χ0) is 13.5. The van der Waals surface area contributed by atoms with Crippen LogP contribution in [0, 0.1) is 19.7 Å². The predicted octanol–water partition coefficient (Wildman–Crippen LogP) is 2.76. The van der Waals surface area contributed by atoms with Gasteiger partial charge in [-0.1, -0.05) is 6.07 Å². The average Bonchev–Trinajstić information content (AvgIpc) is 2.33. The van der Waals surface area contributed by atoms with E-state index in [0.29, 0.717) is 18.4 Å². The highest BCUT2D eigenvalue weighted by molar-refractivity contribution is 5.90. The summed E-state index contributed by atoms with van der Waals surface area (Å²) in [4.78, 5) is 11.7. The minimum atomic E-state index is -0.622. The molecule has 0 aliphatic rings. The number of hydrogen-bond acceptors (Lipinski definition) is 3.